The van der Waals surface area contributed by atoms with Crippen LogP contribution < -0.4 is 9.80 Å². The third kappa shape index (κ3) is 6.54. The van der Waals surface area contributed by atoms with Crippen LogP contribution in [0, 0.1) is 26.7 Å². The van der Waals surface area contributed by atoms with Crippen LogP contribution in [0.1, 0.15) is 86.7 Å². The van der Waals surface area contributed by atoms with Crippen molar-refractivity contribution in [1.82, 2.24) is 19.7 Å². The Hall–Kier alpha value is -5.25. The Kier molecular flexibility index (Phi) is 9.25. The Morgan fingerprint density at radius 3 is 2.25 bits per heavy atom. The molecule has 9 heteroatoms. The predicted octanol–water partition coefficient (Wildman–Crippen LogP) is 8.99. The summed E-state index contributed by atoms with van der Waals surface area (Å²) >= 11 is 1.81. The number of phenolic OH excluding ortho intramolecular Hbond substituents is 1. The quantitative estimate of drug-likeness (QED) is 0.175. The predicted molar refractivity (Wildman–Crippen MR) is 232 cm³/mol. The first kappa shape index (κ1) is 36.1. The maximum absolute atomic E-state index is 10.2. The highest BCUT2D eigenvalue weighted by Gasteiger charge is 2.34. The molecule has 10 rings (SSSR count). The molecule has 57 heavy (non-hydrogen) atoms. The van der Waals surface area contributed by atoms with Gasteiger partial charge in [0.05, 0.1) is 5.71 Å². The standard InChI is InChI=1S/C48H51N7OS/c1-30-32(3)57-48-44(30)46(49-31(2)47-51-50-33(4)55(47)48)37-12-17-39(18-13-37)53-24-22-52(23-25-53)27-34-28-54(29-34)40-15-10-36(11-16-40)45-42(35-8-6-5-7-9-35)20-14-38-26-41(56)19-21-43(38)45/h5-13,15-19,21,26,31,34,42,45,56H,14,20,22-25,27-29H2,1-4H3/t31-,42+,45-/m0/s1. The van der Waals surface area contributed by atoms with Gasteiger partial charge in [-0.25, -0.2) is 0 Å². The molecular formula is C48H51N7OS. The Labute approximate surface area is 340 Å². The minimum absolute atomic E-state index is 0.0765. The minimum atomic E-state index is -0.0765. The highest BCUT2D eigenvalue weighted by molar-refractivity contribution is 7.15. The summed E-state index contributed by atoms with van der Waals surface area (Å²) in [4.78, 5) is 14.3. The first-order valence-corrected chi connectivity index (χ1v) is 21.5. The van der Waals surface area contributed by atoms with Gasteiger partial charge >= 0.3 is 0 Å². The van der Waals surface area contributed by atoms with Crippen molar-refractivity contribution in [3.63, 3.8) is 0 Å². The fourth-order valence-corrected chi connectivity index (χ4v) is 11.1. The summed E-state index contributed by atoms with van der Waals surface area (Å²) in [5.41, 5.74) is 12.7. The summed E-state index contributed by atoms with van der Waals surface area (Å²) in [6.45, 7) is 16.2. The van der Waals surface area contributed by atoms with Crippen LogP contribution in [0.2, 0.25) is 0 Å². The van der Waals surface area contributed by atoms with E-state index in [1.165, 1.54) is 54.6 Å². The number of aryl methyl sites for hydroxylation is 3. The van der Waals surface area contributed by atoms with E-state index in [2.05, 4.69) is 135 Å². The van der Waals surface area contributed by atoms with Crippen molar-refractivity contribution in [3.8, 4) is 10.8 Å². The minimum Gasteiger partial charge on any atom is -0.508 e. The molecule has 0 radical (unpaired) electrons. The molecule has 1 N–H and O–H groups in total. The molecule has 0 amide bonds. The molecule has 290 valence electrons. The van der Waals surface area contributed by atoms with E-state index in [1.807, 2.05) is 30.4 Å². The molecule has 3 atom stereocenters. The molecular weight excluding hydrogens is 723 g/mol. The summed E-state index contributed by atoms with van der Waals surface area (Å²) in [6, 6.07) is 35.4. The summed E-state index contributed by atoms with van der Waals surface area (Å²) < 4.78 is 2.21. The zero-order valence-electron chi connectivity index (χ0n) is 33.4. The Morgan fingerprint density at radius 2 is 1.49 bits per heavy atom. The van der Waals surface area contributed by atoms with Crippen molar-refractivity contribution >= 4 is 28.4 Å². The van der Waals surface area contributed by atoms with Gasteiger partial charge in [-0.1, -0.05) is 60.7 Å². The monoisotopic (exact) mass is 773 g/mol. The lowest BCUT2D eigenvalue weighted by atomic mass is 9.69. The second kappa shape index (κ2) is 14.6. The van der Waals surface area contributed by atoms with Crippen molar-refractivity contribution in [2.45, 2.75) is 58.4 Å². The van der Waals surface area contributed by atoms with Gasteiger partial charge in [0.15, 0.2) is 5.82 Å². The van der Waals surface area contributed by atoms with Crippen LogP contribution in [0.25, 0.3) is 5.00 Å². The van der Waals surface area contributed by atoms with Crippen molar-refractivity contribution in [1.29, 1.82) is 0 Å². The fourth-order valence-electron chi connectivity index (χ4n) is 9.93. The van der Waals surface area contributed by atoms with Gasteiger partial charge in [-0.3, -0.25) is 14.5 Å². The van der Waals surface area contributed by atoms with Gasteiger partial charge in [0, 0.05) is 85.0 Å². The molecule has 2 fully saturated rings. The molecule has 6 aromatic rings. The largest absolute Gasteiger partial charge is 0.508 e. The molecule has 0 saturated carbocycles. The van der Waals surface area contributed by atoms with E-state index in [1.54, 1.807) is 0 Å². The highest BCUT2D eigenvalue weighted by Crippen LogP contribution is 2.47. The average molecular weight is 774 g/mol. The number of aliphatic imine (C=N–C) groups is 1. The molecule has 0 unspecified atom stereocenters. The van der Waals surface area contributed by atoms with E-state index in [0.717, 1.165) is 81.6 Å². The summed E-state index contributed by atoms with van der Waals surface area (Å²) in [7, 11) is 0. The van der Waals surface area contributed by atoms with Gasteiger partial charge < -0.3 is 14.9 Å². The molecule has 1 aliphatic carbocycles. The summed E-state index contributed by atoms with van der Waals surface area (Å²) in [6.07, 6.45) is 2.08. The lowest BCUT2D eigenvalue weighted by Gasteiger charge is -2.45. The first-order valence-electron chi connectivity index (χ1n) is 20.7. The molecule has 4 aliphatic rings. The smallest absolute Gasteiger partial charge is 0.162 e. The molecule has 0 bridgehead atoms. The lowest BCUT2D eigenvalue weighted by molar-refractivity contribution is 0.200. The van der Waals surface area contributed by atoms with Crippen LogP contribution in [0.5, 0.6) is 5.75 Å². The van der Waals surface area contributed by atoms with E-state index in [4.69, 9.17) is 4.99 Å². The van der Waals surface area contributed by atoms with Gasteiger partial charge in [-0.05, 0) is 111 Å². The summed E-state index contributed by atoms with van der Waals surface area (Å²) in [5.74, 6) is 3.58. The van der Waals surface area contributed by atoms with Crippen LogP contribution in [-0.4, -0.2) is 76.3 Å². The molecule has 2 saturated heterocycles. The average Bonchev–Trinajstić information content (AvgIpc) is 3.71. The lowest BCUT2D eigenvalue weighted by Crippen LogP contribution is -2.55. The van der Waals surface area contributed by atoms with Crippen molar-refractivity contribution in [3.05, 3.63) is 153 Å². The third-order valence-corrected chi connectivity index (χ3v) is 14.3. The van der Waals surface area contributed by atoms with E-state index >= 15 is 0 Å². The zero-order chi connectivity index (χ0) is 38.8. The molecule has 8 nitrogen and oxygen atoms in total. The van der Waals surface area contributed by atoms with Gasteiger partial charge in [-0.2, -0.15) is 0 Å². The molecule has 3 aliphatic heterocycles. The number of aromatic hydroxyl groups is 1. The molecule has 0 spiro atoms. The highest BCUT2D eigenvalue weighted by atomic mass is 32.1. The summed E-state index contributed by atoms with van der Waals surface area (Å²) in [5, 5.41) is 20.3. The van der Waals surface area contributed by atoms with Gasteiger partial charge in [-0.15, -0.1) is 21.5 Å². The van der Waals surface area contributed by atoms with Gasteiger partial charge in [0.1, 0.15) is 22.6 Å². The van der Waals surface area contributed by atoms with Crippen LogP contribution in [0.4, 0.5) is 11.4 Å². The van der Waals surface area contributed by atoms with Crippen LogP contribution >= 0.6 is 11.3 Å². The van der Waals surface area contributed by atoms with Crippen LogP contribution in [-0.2, 0) is 6.42 Å². The Bertz CT molecular complexity index is 2440. The number of benzene rings is 4. The first-order chi connectivity index (χ1) is 27.8. The van der Waals surface area contributed by atoms with E-state index in [9.17, 15) is 5.11 Å². The van der Waals surface area contributed by atoms with Crippen molar-refractivity contribution < 1.29 is 5.11 Å². The number of hydrogen-bond acceptors (Lipinski definition) is 8. The maximum atomic E-state index is 10.2. The number of anilines is 2. The number of hydrogen-bond donors (Lipinski definition) is 1. The normalized spacial score (nSPS) is 21.0. The number of thiophene rings is 1. The number of phenols is 1. The van der Waals surface area contributed by atoms with Gasteiger partial charge in [0.25, 0.3) is 0 Å². The van der Waals surface area contributed by atoms with E-state index in [-0.39, 0.29) is 12.0 Å². The SMILES string of the molecule is Cc1sc2c(c1C)C(c1ccc(N3CCN(CC4CN(c5ccc([C@@H]6c7ccc(O)cc7CC[C@@H]6c6ccccc6)cc5)C4)CC3)cc1)=N[C@@H](C)c1nnc(C)n1-2. The van der Waals surface area contributed by atoms with Crippen LogP contribution in [0.3, 0.4) is 0 Å². The second-order valence-electron chi connectivity index (χ2n) is 16.7. The fraction of sp³-hybridized carbons (Fsp3) is 0.354. The topological polar surface area (TPSA) is 73.0 Å². The molecule has 4 aromatic carbocycles. The number of rotatable bonds is 7. The maximum Gasteiger partial charge on any atom is 0.162 e. The Balaban J connectivity index is 0.756. The number of piperazine rings is 1. The zero-order valence-corrected chi connectivity index (χ0v) is 34.2. The van der Waals surface area contributed by atoms with Crippen LogP contribution in [0.15, 0.2) is 102 Å². The van der Waals surface area contributed by atoms with Crippen molar-refractivity contribution in [2.75, 3.05) is 55.6 Å². The number of fused-ring (bicyclic) bond motifs is 4. The van der Waals surface area contributed by atoms with Crippen molar-refractivity contribution in [2.24, 2.45) is 10.9 Å². The number of nitrogens with zero attached hydrogens (tertiary/aromatic N) is 7. The molecule has 2 aromatic heterocycles. The van der Waals surface area contributed by atoms with Gasteiger partial charge in [0.2, 0.25) is 0 Å². The third-order valence-electron chi connectivity index (χ3n) is 13.1. The van der Waals surface area contributed by atoms with E-state index < -0.39 is 0 Å². The Morgan fingerprint density at radius 1 is 0.772 bits per heavy atom. The molecule has 5 heterocycles. The van der Waals surface area contributed by atoms with E-state index in [0.29, 0.717) is 17.6 Å². The second-order valence-corrected chi connectivity index (χ2v) is 17.9. The number of aromatic nitrogens is 3.